The van der Waals surface area contributed by atoms with Gasteiger partial charge in [0.15, 0.2) is 0 Å². The average molecular weight is 821 g/mol. The SMILES string of the molecule is CCCCC(CC)CN1C(=O)c2c(Br)sc(-c3ccc(-c4sc(Br)c5c4C(=O)N(CC(CC)CCCC)C5=O)c4nsnc34)c2C1=O. The van der Waals surface area contributed by atoms with Crippen LogP contribution in [0.2, 0.25) is 0 Å². The number of halogens is 2. The van der Waals surface area contributed by atoms with E-state index in [-0.39, 0.29) is 35.5 Å². The first-order chi connectivity index (χ1) is 22.7. The number of nitrogens with zero attached hydrogens (tertiary/aromatic N) is 4. The number of hydrogen-bond donors (Lipinski definition) is 0. The van der Waals surface area contributed by atoms with Crippen molar-refractivity contribution in [2.24, 2.45) is 11.8 Å². The second kappa shape index (κ2) is 14.3. The van der Waals surface area contributed by atoms with E-state index in [1.54, 1.807) is 0 Å². The molecule has 0 spiro atoms. The minimum atomic E-state index is -0.272. The molecule has 1 aromatic carbocycles. The number of amides is 4. The smallest absolute Gasteiger partial charge is 0.263 e. The van der Waals surface area contributed by atoms with E-state index in [2.05, 4.69) is 68.3 Å². The van der Waals surface area contributed by atoms with E-state index >= 15 is 0 Å². The summed E-state index contributed by atoms with van der Waals surface area (Å²) in [6.45, 7) is 9.32. The quantitative estimate of drug-likeness (QED) is 0.117. The fraction of sp³-hybridized carbons (Fsp3) is 0.471. The molecular formula is C34H36Br2N4O4S3. The molecule has 13 heteroatoms. The molecule has 0 saturated carbocycles. The van der Waals surface area contributed by atoms with Crippen molar-refractivity contribution in [1.82, 2.24) is 18.5 Å². The van der Waals surface area contributed by atoms with E-state index < -0.39 is 0 Å². The molecule has 0 N–H and O–H groups in total. The Morgan fingerprint density at radius 2 is 1.02 bits per heavy atom. The van der Waals surface area contributed by atoms with Crippen molar-refractivity contribution in [2.75, 3.05) is 13.1 Å². The van der Waals surface area contributed by atoms with Gasteiger partial charge in [-0.2, -0.15) is 8.75 Å². The minimum absolute atomic E-state index is 0.257. The van der Waals surface area contributed by atoms with Crippen LogP contribution in [-0.4, -0.2) is 55.3 Å². The maximum Gasteiger partial charge on any atom is 0.263 e. The van der Waals surface area contributed by atoms with Gasteiger partial charge in [-0.3, -0.25) is 29.0 Å². The van der Waals surface area contributed by atoms with Crippen LogP contribution in [0, 0.1) is 11.8 Å². The predicted molar refractivity (Wildman–Crippen MR) is 197 cm³/mol. The highest BCUT2D eigenvalue weighted by atomic mass is 79.9. The molecule has 8 nitrogen and oxygen atoms in total. The van der Waals surface area contributed by atoms with Crippen LogP contribution in [0.4, 0.5) is 0 Å². The highest BCUT2D eigenvalue weighted by molar-refractivity contribution is 9.11. The Bertz CT molecular complexity index is 1760. The standard InChI is InChI=1S/C34H36Br2N4O4S3/c1-5-9-11-17(7-3)15-39-31(41)21-23(33(39)43)29(35)45-27(21)19-13-14-20(26-25(19)37-47-38-26)28-22-24(30(36)46-28)34(44)40(32(22)42)16-18(8-4)12-10-6-2/h13-14,17-18H,5-12,15-16H2,1-4H3. The maximum absolute atomic E-state index is 13.9. The molecular weight excluding hydrogens is 784 g/mol. The van der Waals surface area contributed by atoms with Crippen molar-refractivity contribution in [3.05, 3.63) is 42.0 Å². The molecule has 0 bridgehead atoms. The van der Waals surface area contributed by atoms with Gasteiger partial charge in [0, 0.05) is 24.2 Å². The number of unbranched alkanes of at least 4 members (excludes halogenated alkanes) is 2. The first kappa shape index (κ1) is 34.5. The van der Waals surface area contributed by atoms with Crippen LogP contribution in [0.1, 0.15) is 120 Å². The lowest BCUT2D eigenvalue weighted by molar-refractivity contribution is 0.0609. The Hall–Kier alpha value is -2.32. The molecule has 3 aromatic heterocycles. The van der Waals surface area contributed by atoms with Gasteiger partial charge in [-0.1, -0.05) is 78.4 Å². The zero-order valence-corrected chi connectivity index (χ0v) is 32.4. The lowest BCUT2D eigenvalue weighted by atomic mass is 9.98. The van der Waals surface area contributed by atoms with Gasteiger partial charge in [-0.05, 0) is 56.5 Å². The van der Waals surface area contributed by atoms with Gasteiger partial charge >= 0.3 is 0 Å². The Morgan fingerprint density at radius 1 is 0.638 bits per heavy atom. The number of thiophene rings is 2. The number of carbonyl (C=O) groups excluding carboxylic acids is 4. The third-order valence-corrected chi connectivity index (χ3v) is 13.8. The zero-order chi connectivity index (χ0) is 33.6. The Morgan fingerprint density at radius 3 is 1.38 bits per heavy atom. The molecule has 4 aromatic rings. The van der Waals surface area contributed by atoms with E-state index in [1.165, 1.54) is 32.5 Å². The van der Waals surface area contributed by atoms with Crippen molar-refractivity contribution in [3.8, 4) is 20.9 Å². The van der Waals surface area contributed by atoms with Crippen molar-refractivity contribution < 1.29 is 19.2 Å². The first-order valence-electron chi connectivity index (χ1n) is 16.3. The van der Waals surface area contributed by atoms with E-state index in [9.17, 15) is 19.2 Å². The summed E-state index contributed by atoms with van der Waals surface area (Å²) < 4.78 is 10.5. The van der Waals surface area contributed by atoms with Crippen molar-refractivity contribution in [2.45, 2.75) is 79.1 Å². The molecule has 0 fully saturated rings. The molecule has 2 aliphatic heterocycles. The van der Waals surface area contributed by atoms with Crippen LogP contribution in [0.25, 0.3) is 31.9 Å². The number of rotatable bonds is 14. The first-order valence-corrected chi connectivity index (χ1v) is 20.2. The fourth-order valence-corrected chi connectivity index (χ4v) is 11.0. The van der Waals surface area contributed by atoms with Gasteiger partial charge in [0.1, 0.15) is 11.0 Å². The van der Waals surface area contributed by atoms with Crippen LogP contribution < -0.4 is 0 Å². The van der Waals surface area contributed by atoms with Gasteiger partial charge in [0.2, 0.25) is 0 Å². The lowest BCUT2D eigenvalue weighted by Crippen LogP contribution is -2.34. The largest absolute Gasteiger partial charge is 0.274 e. The topological polar surface area (TPSA) is 101 Å². The summed E-state index contributed by atoms with van der Waals surface area (Å²) in [5, 5.41) is 0. The van der Waals surface area contributed by atoms with Gasteiger partial charge in [0.05, 0.1) is 51.3 Å². The third kappa shape index (κ3) is 5.98. The zero-order valence-electron chi connectivity index (χ0n) is 26.8. The van der Waals surface area contributed by atoms with Gasteiger partial charge in [0.25, 0.3) is 23.6 Å². The molecule has 0 aliphatic carbocycles. The number of fused-ring (bicyclic) bond motifs is 3. The van der Waals surface area contributed by atoms with E-state index in [0.717, 1.165) is 63.1 Å². The summed E-state index contributed by atoms with van der Waals surface area (Å²) in [6.07, 6.45) is 8.02. The average Bonchev–Trinajstić information content (AvgIpc) is 3.86. The summed E-state index contributed by atoms with van der Waals surface area (Å²) >= 11 is 10.9. The third-order valence-electron chi connectivity index (χ3n) is 9.44. The molecule has 2 atom stereocenters. The number of aromatic nitrogens is 2. The molecule has 2 aliphatic rings. The molecule has 5 heterocycles. The molecule has 2 unspecified atom stereocenters. The highest BCUT2D eigenvalue weighted by Crippen LogP contribution is 2.50. The van der Waals surface area contributed by atoms with Crippen molar-refractivity contribution in [1.29, 1.82) is 0 Å². The van der Waals surface area contributed by atoms with Crippen LogP contribution in [0.15, 0.2) is 19.7 Å². The number of imide groups is 2. The van der Waals surface area contributed by atoms with E-state index in [1.807, 2.05) is 12.1 Å². The van der Waals surface area contributed by atoms with E-state index in [4.69, 9.17) is 0 Å². The summed E-state index contributed by atoms with van der Waals surface area (Å²) in [7, 11) is 0. The summed E-state index contributed by atoms with van der Waals surface area (Å²) in [5.74, 6) is -0.548. The summed E-state index contributed by atoms with van der Waals surface area (Å²) in [5.41, 5.74) is 4.24. The number of hydrogen-bond acceptors (Lipinski definition) is 9. The Kier molecular flexibility index (Phi) is 10.5. The number of benzene rings is 1. The molecule has 0 radical (unpaired) electrons. The second-order valence-electron chi connectivity index (χ2n) is 12.3. The molecule has 248 valence electrons. The second-order valence-corrected chi connectivity index (χ2v) is 17.5. The van der Waals surface area contributed by atoms with Crippen LogP contribution >= 0.6 is 66.3 Å². The molecule has 6 rings (SSSR count). The predicted octanol–water partition coefficient (Wildman–Crippen LogP) is 10.3. The fourth-order valence-electron chi connectivity index (χ4n) is 6.62. The van der Waals surface area contributed by atoms with Crippen LogP contribution in [0.3, 0.4) is 0 Å². The summed E-state index contributed by atoms with van der Waals surface area (Å²) in [6, 6.07) is 3.79. The minimum Gasteiger partial charge on any atom is -0.274 e. The Balaban J connectivity index is 1.37. The highest BCUT2D eigenvalue weighted by Gasteiger charge is 2.44. The number of carbonyl (C=O) groups is 4. The van der Waals surface area contributed by atoms with Crippen molar-refractivity contribution >= 4 is 101 Å². The lowest BCUT2D eigenvalue weighted by Gasteiger charge is -2.21. The normalized spacial score (nSPS) is 15.8. The summed E-state index contributed by atoms with van der Waals surface area (Å²) in [4.78, 5) is 59.0. The molecule has 47 heavy (non-hydrogen) atoms. The van der Waals surface area contributed by atoms with Crippen LogP contribution in [0.5, 0.6) is 0 Å². The van der Waals surface area contributed by atoms with Gasteiger partial charge < -0.3 is 0 Å². The molecule has 4 amide bonds. The Labute approximate surface area is 303 Å². The van der Waals surface area contributed by atoms with E-state index in [0.29, 0.717) is 74.8 Å². The maximum atomic E-state index is 13.9. The van der Waals surface area contributed by atoms with Crippen LogP contribution in [-0.2, 0) is 0 Å². The monoisotopic (exact) mass is 818 g/mol. The van der Waals surface area contributed by atoms with Crippen molar-refractivity contribution in [3.63, 3.8) is 0 Å². The van der Waals surface area contributed by atoms with Gasteiger partial charge in [-0.15, -0.1) is 22.7 Å². The molecule has 0 saturated heterocycles. The van der Waals surface area contributed by atoms with Gasteiger partial charge in [-0.25, -0.2) is 0 Å².